The summed E-state index contributed by atoms with van der Waals surface area (Å²) < 4.78 is 35.6. The molecule has 0 amide bonds. The third-order valence-corrected chi connectivity index (χ3v) is 7.16. The van der Waals surface area contributed by atoms with Crippen LogP contribution >= 0.6 is 23.2 Å². The van der Waals surface area contributed by atoms with E-state index >= 15 is 0 Å². The molecule has 0 fully saturated rings. The quantitative estimate of drug-likeness (QED) is 0.281. The van der Waals surface area contributed by atoms with E-state index in [1.807, 2.05) is 13.0 Å². The minimum atomic E-state index is -3.31. The van der Waals surface area contributed by atoms with Gasteiger partial charge in [-0.15, -0.1) is 0 Å². The minimum absolute atomic E-state index is 0.0749. The molecule has 0 atom stereocenters. The predicted molar refractivity (Wildman–Crippen MR) is 126 cm³/mol. The van der Waals surface area contributed by atoms with Crippen LogP contribution in [0.3, 0.4) is 0 Å². The first-order valence-corrected chi connectivity index (χ1v) is 12.4. The first kappa shape index (κ1) is 24.3. The number of sulfone groups is 1. The molecule has 1 heterocycles. The van der Waals surface area contributed by atoms with Crippen molar-refractivity contribution in [2.45, 2.75) is 31.1 Å². The number of hydrogen-bond acceptors (Lipinski definition) is 6. The van der Waals surface area contributed by atoms with Gasteiger partial charge in [-0.1, -0.05) is 35.3 Å². The van der Waals surface area contributed by atoms with Crippen molar-refractivity contribution in [1.82, 2.24) is 4.98 Å². The number of ether oxygens (including phenoxy) is 2. The predicted octanol–water partition coefficient (Wildman–Crippen LogP) is 5.66. The van der Waals surface area contributed by atoms with Crippen LogP contribution in [0.2, 0.25) is 10.0 Å². The van der Waals surface area contributed by atoms with E-state index in [0.29, 0.717) is 57.5 Å². The number of methoxy groups -OCH3 is 1. The number of aryl methyl sites for hydroxylation is 1. The summed E-state index contributed by atoms with van der Waals surface area (Å²) in [5, 5.41) is 1.29. The molecule has 0 bridgehead atoms. The number of halogens is 2. The molecule has 0 aliphatic rings. The second kappa shape index (κ2) is 10.5. The van der Waals surface area contributed by atoms with Crippen LogP contribution in [0.15, 0.2) is 47.4 Å². The molecule has 3 aromatic rings. The van der Waals surface area contributed by atoms with Gasteiger partial charge in [0.1, 0.15) is 5.75 Å². The summed E-state index contributed by atoms with van der Waals surface area (Å²) in [6, 6.07) is 11.6. The second-order valence-electron chi connectivity index (χ2n) is 7.32. The van der Waals surface area contributed by atoms with Crippen molar-refractivity contribution in [3.05, 3.63) is 63.8 Å². The number of aromatic nitrogens is 1. The Labute approximate surface area is 197 Å². The maximum atomic E-state index is 12.5. The monoisotopic (exact) mass is 495 g/mol. The highest BCUT2D eigenvalue weighted by Crippen LogP contribution is 2.35. The van der Waals surface area contributed by atoms with Crippen molar-refractivity contribution >= 4 is 49.9 Å². The van der Waals surface area contributed by atoms with Gasteiger partial charge in [0.05, 0.1) is 40.3 Å². The highest BCUT2D eigenvalue weighted by atomic mass is 35.5. The zero-order chi connectivity index (χ0) is 23.3. The van der Waals surface area contributed by atoms with Crippen LogP contribution in [0.1, 0.15) is 35.3 Å². The van der Waals surface area contributed by atoms with Crippen molar-refractivity contribution in [2.75, 3.05) is 19.5 Å². The molecule has 0 saturated heterocycles. The largest absolute Gasteiger partial charge is 0.493 e. The Bertz CT molecular complexity index is 1240. The Morgan fingerprint density at radius 2 is 1.84 bits per heavy atom. The summed E-state index contributed by atoms with van der Waals surface area (Å²) in [6.45, 7) is 2.19. The molecule has 170 valence electrons. The van der Waals surface area contributed by atoms with E-state index in [2.05, 4.69) is 4.98 Å². The maximum Gasteiger partial charge on any atom is 0.356 e. The van der Waals surface area contributed by atoms with Gasteiger partial charge in [-0.05, 0) is 56.0 Å². The lowest BCUT2D eigenvalue weighted by Crippen LogP contribution is -2.08. The van der Waals surface area contributed by atoms with E-state index in [1.54, 1.807) is 30.3 Å². The first-order valence-electron chi connectivity index (χ1n) is 10.0. The standard InChI is InChI=1S/C23H23Cl2NO5S/c1-15-7-6-8-17(11-15)32(28,29)10-5-3-4-9-31-21-14-20(23(27)30-2)26-19-13-16(24)12-18(25)22(19)21/h6-8,11-14H,3-5,9-10H2,1-2H3. The van der Waals surface area contributed by atoms with Crippen LogP contribution < -0.4 is 4.74 Å². The van der Waals surface area contributed by atoms with E-state index in [-0.39, 0.29) is 11.4 Å². The molecule has 3 rings (SSSR count). The topological polar surface area (TPSA) is 82.6 Å². The zero-order valence-corrected chi connectivity index (χ0v) is 20.1. The molecule has 0 N–H and O–H groups in total. The number of unbranched alkanes of at least 4 members (excludes halogenated alkanes) is 2. The van der Waals surface area contributed by atoms with Crippen LogP contribution in [0.25, 0.3) is 10.9 Å². The summed E-state index contributed by atoms with van der Waals surface area (Å²) in [5.41, 5.74) is 1.41. The number of nitrogens with zero attached hydrogens (tertiary/aromatic N) is 1. The van der Waals surface area contributed by atoms with Crippen LogP contribution in [-0.4, -0.2) is 38.8 Å². The molecule has 32 heavy (non-hydrogen) atoms. The average Bonchev–Trinajstić information content (AvgIpc) is 2.74. The average molecular weight is 496 g/mol. The van der Waals surface area contributed by atoms with Crippen LogP contribution in [0.4, 0.5) is 0 Å². The van der Waals surface area contributed by atoms with E-state index in [0.717, 1.165) is 5.56 Å². The number of pyridine rings is 1. The lowest BCUT2D eigenvalue weighted by molar-refractivity contribution is 0.0594. The van der Waals surface area contributed by atoms with Gasteiger partial charge >= 0.3 is 5.97 Å². The molecule has 6 nitrogen and oxygen atoms in total. The van der Waals surface area contributed by atoms with E-state index in [4.69, 9.17) is 32.7 Å². The molecule has 9 heteroatoms. The number of hydrogen-bond donors (Lipinski definition) is 0. The Morgan fingerprint density at radius 1 is 1.06 bits per heavy atom. The number of rotatable bonds is 9. The van der Waals surface area contributed by atoms with Crippen molar-refractivity contribution in [3.8, 4) is 5.75 Å². The molecular formula is C23H23Cl2NO5S. The van der Waals surface area contributed by atoms with Gasteiger partial charge in [-0.3, -0.25) is 0 Å². The van der Waals surface area contributed by atoms with Gasteiger partial charge in [0.15, 0.2) is 15.5 Å². The summed E-state index contributed by atoms with van der Waals surface area (Å²) >= 11 is 12.4. The van der Waals surface area contributed by atoms with Gasteiger partial charge < -0.3 is 9.47 Å². The van der Waals surface area contributed by atoms with E-state index < -0.39 is 15.8 Å². The third-order valence-electron chi connectivity index (χ3n) is 4.85. The smallest absolute Gasteiger partial charge is 0.356 e. The Balaban J connectivity index is 1.63. The highest BCUT2D eigenvalue weighted by Gasteiger charge is 2.17. The highest BCUT2D eigenvalue weighted by molar-refractivity contribution is 7.91. The van der Waals surface area contributed by atoms with Crippen molar-refractivity contribution in [2.24, 2.45) is 0 Å². The number of carbonyl (C=O) groups is 1. The van der Waals surface area contributed by atoms with Gasteiger partial charge in [-0.25, -0.2) is 18.2 Å². The van der Waals surface area contributed by atoms with Gasteiger partial charge in [0, 0.05) is 11.1 Å². The van der Waals surface area contributed by atoms with Gasteiger partial charge in [-0.2, -0.15) is 0 Å². The van der Waals surface area contributed by atoms with Crippen molar-refractivity contribution in [1.29, 1.82) is 0 Å². The van der Waals surface area contributed by atoms with Crippen LogP contribution in [-0.2, 0) is 14.6 Å². The fourth-order valence-corrected chi connectivity index (χ4v) is 5.30. The molecule has 0 unspecified atom stereocenters. The fraction of sp³-hybridized carbons (Fsp3) is 0.304. The number of esters is 1. The number of carbonyl (C=O) groups excluding carboxylic acids is 1. The maximum absolute atomic E-state index is 12.5. The SMILES string of the molecule is COC(=O)c1cc(OCCCCCS(=O)(=O)c2cccc(C)c2)c2c(Cl)cc(Cl)cc2n1. The van der Waals surface area contributed by atoms with E-state index in [1.165, 1.54) is 13.2 Å². The molecule has 2 aromatic carbocycles. The summed E-state index contributed by atoms with van der Waals surface area (Å²) in [7, 11) is -2.04. The fourth-order valence-electron chi connectivity index (χ4n) is 3.25. The molecule has 0 saturated carbocycles. The van der Waals surface area contributed by atoms with Crippen LogP contribution in [0.5, 0.6) is 5.75 Å². The van der Waals surface area contributed by atoms with E-state index in [9.17, 15) is 13.2 Å². The summed E-state index contributed by atoms with van der Waals surface area (Å²) in [4.78, 5) is 16.6. The molecule has 0 aliphatic heterocycles. The lowest BCUT2D eigenvalue weighted by atomic mass is 10.1. The van der Waals surface area contributed by atoms with Crippen molar-refractivity contribution < 1.29 is 22.7 Å². The van der Waals surface area contributed by atoms with Crippen molar-refractivity contribution in [3.63, 3.8) is 0 Å². The molecule has 0 aliphatic carbocycles. The summed E-state index contributed by atoms with van der Waals surface area (Å²) in [6.07, 6.45) is 1.81. The molecular weight excluding hydrogens is 473 g/mol. The minimum Gasteiger partial charge on any atom is -0.493 e. The number of benzene rings is 2. The first-order chi connectivity index (χ1) is 15.2. The van der Waals surface area contributed by atoms with Gasteiger partial charge in [0.2, 0.25) is 0 Å². The van der Waals surface area contributed by atoms with Crippen LogP contribution in [0, 0.1) is 6.92 Å². The zero-order valence-electron chi connectivity index (χ0n) is 17.7. The Morgan fingerprint density at radius 3 is 2.56 bits per heavy atom. The Hall–Kier alpha value is -2.35. The molecule has 0 radical (unpaired) electrons. The Kier molecular flexibility index (Phi) is 7.98. The lowest BCUT2D eigenvalue weighted by Gasteiger charge is -2.12. The third kappa shape index (κ3) is 5.91. The summed E-state index contributed by atoms with van der Waals surface area (Å²) in [5.74, 6) is -0.135. The van der Waals surface area contributed by atoms with Gasteiger partial charge in [0.25, 0.3) is 0 Å². The normalized spacial score (nSPS) is 11.5. The molecule has 1 aromatic heterocycles. The number of fused-ring (bicyclic) bond motifs is 1. The second-order valence-corrected chi connectivity index (χ2v) is 10.3. The molecule has 0 spiro atoms.